The molecule has 1 aromatic carbocycles. The molecule has 0 radical (unpaired) electrons. The third-order valence-corrected chi connectivity index (χ3v) is 4.37. The third kappa shape index (κ3) is 5.57. The molecule has 0 aliphatic rings. The first-order valence-electron chi connectivity index (χ1n) is 5.67. The summed E-state index contributed by atoms with van der Waals surface area (Å²) in [6, 6.07) is 7.05. The minimum absolute atomic E-state index is 0.381. The van der Waals surface area contributed by atoms with E-state index in [1.165, 1.54) is 6.26 Å². The van der Waals surface area contributed by atoms with Crippen molar-refractivity contribution in [2.24, 2.45) is 0 Å². The summed E-state index contributed by atoms with van der Waals surface area (Å²) >= 11 is 1.73. The lowest BCUT2D eigenvalue weighted by Crippen LogP contribution is -2.17. The van der Waals surface area contributed by atoms with Gasteiger partial charge in [-0.25, -0.2) is 8.42 Å². The van der Waals surface area contributed by atoms with Crippen molar-refractivity contribution < 1.29 is 8.42 Å². The van der Waals surface area contributed by atoms with E-state index in [1.807, 2.05) is 12.1 Å². The molecule has 5 heteroatoms. The van der Waals surface area contributed by atoms with Crippen LogP contribution in [-0.2, 0) is 9.84 Å². The average Bonchev–Trinajstić information content (AvgIpc) is 2.28. The minimum Gasteiger partial charge on any atom is -0.316 e. The molecule has 1 aromatic rings. The van der Waals surface area contributed by atoms with Gasteiger partial charge in [0, 0.05) is 23.4 Å². The second-order valence-electron chi connectivity index (χ2n) is 3.84. The van der Waals surface area contributed by atoms with Crippen molar-refractivity contribution in [1.29, 1.82) is 0 Å². The van der Waals surface area contributed by atoms with Crippen LogP contribution < -0.4 is 5.32 Å². The van der Waals surface area contributed by atoms with Gasteiger partial charge in [-0.15, -0.1) is 11.8 Å². The number of thioether (sulfide) groups is 1. The SMILES string of the molecule is CCCNCCSc1ccc(S(C)(=O)=O)cc1. The molecule has 0 fully saturated rings. The fourth-order valence-corrected chi connectivity index (χ4v) is 2.77. The summed E-state index contributed by atoms with van der Waals surface area (Å²) < 4.78 is 22.5. The molecule has 0 bridgehead atoms. The number of benzene rings is 1. The van der Waals surface area contributed by atoms with Gasteiger partial charge in [0.2, 0.25) is 0 Å². The van der Waals surface area contributed by atoms with Crippen LogP contribution in [0.3, 0.4) is 0 Å². The topological polar surface area (TPSA) is 46.2 Å². The summed E-state index contributed by atoms with van der Waals surface area (Å²) in [5.41, 5.74) is 0. The summed E-state index contributed by atoms with van der Waals surface area (Å²) in [5, 5.41) is 3.32. The quantitative estimate of drug-likeness (QED) is 0.611. The van der Waals surface area contributed by atoms with Crippen molar-refractivity contribution in [1.82, 2.24) is 5.32 Å². The van der Waals surface area contributed by atoms with Crippen molar-refractivity contribution in [2.45, 2.75) is 23.1 Å². The Balaban J connectivity index is 2.41. The molecule has 0 aromatic heterocycles. The smallest absolute Gasteiger partial charge is 0.175 e. The van der Waals surface area contributed by atoms with Gasteiger partial charge >= 0.3 is 0 Å². The van der Waals surface area contributed by atoms with Crippen LogP contribution >= 0.6 is 11.8 Å². The van der Waals surface area contributed by atoms with E-state index < -0.39 is 9.84 Å². The lowest BCUT2D eigenvalue weighted by molar-refractivity contribution is 0.602. The van der Waals surface area contributed by atoms with Gasteiger partial charge in [-0.1, -0.05) is 6.92 Å². The molecule has 0 unspecified atom stereocenters. The summed E-state index contributed by atoms with van der Waals surface area (Å²) in [6.07, 6.45) is 2.37. The van der Waals surface area contributed by atoms with Gasteiger partial charge in [-0.2, -0.15) is 0 Å². The van der Waals surface area contributed by atoms with Gasteiger partial charge in [0.25, 0.3) is 0 Å². The van der Waals surface area contributed by atoms with Crippen LogP contribution in [0, 0.1) is 0 Å². The number of nitrogens with one attached hydrogen (secondary N) is 1. The Morgan fingerprint density at radius 2 is 1.82 bits per heavy atom. The van der Waals surface area contributed by atoms with Crippen LogP contribution in [-0.4, -0.2) is 33.5 Å². The minimum atomic E-state index is -3.07. The lowest BCUT2D eigenvalue weighted by atomic mass is 10.4. The predicted octanol–water partition coefficient (Wildman–Crippen LogP) is 2.18. The standard InChI is InChI=1S/C12H19NO2S2/c1-3-8-13-9-10-16-11-4-6-12(7-5-11)17(2,14)15/h4-7,13H,3,8-10H2,1-2H3. The first-order valence-corrected chi connectivity index (χ1v) is 8.55. The van der Waals surface area contributed by atoms with Gasteiger partial charge in [0.1, 0.15) is 0 Å². The Morgan fingerprint density at radius 3 is 2.35 bits per heavy atom. The fraction of sp³-hybridized carbons (Fsp3) is 0.500. The summed E-state index contributed by atoms with van der Waals surface area (Å²) in [4.78, 5) is 1.49. The Hall–Kier alpha value is -0.520. The number of hydrogen-bond donors (Lipinski definition) is 1. The first-order chi connectivity index (χ1) is 8.04. The molecule has 96 valence electrons. The number of sulfone groups is 1. The van der Waals surface area contributed by atoms with Crippen molar-refractivity contribution in [2.75, 3.05) is 25.1 Å². The Bertz CT molecular complexity index is 426. The highest BCUT2D eigenvalue weighted by molar-refractivity contribution is 7.99. The molecule has 0 aliphatic carbocycles. The molecule has 0 aliphatic heterocycles. The molecular formula is C12H19NO2S2. The van der Waals surface area contributed by atoms with E-state index in [0.29, 0.717) is 4.90 Å². The van der Waals surface area contributed by atoms with E-state index in [1.54, 1.807) is 23.9 Å². The highest BCUT2D eigenvalue weighted by Gasteiger charge is 2.05. The molecule has 17 heavy (non-hydrogen) atoms. The summed E-state index contributed by atoms with van der Waals surface area (Å²) in [7, 11) is -3.07. The van der Waals surface area contributed by atoms with Gasteiger partial charge in [0.05, 0.1) is 4.90 Å². The lowest BCUT2D eigenvalue weighted by Gasteiger charge is -2.04. The van der Waals surface area contributed by atoms with Crippen LogP contribution in [0.1, 0.15) is 13.3 Å². The van der Waals surface area contributed by atoms with E-state index in [4.69, 9.17) is 0 Å². The summed E-state index contributed by atoms with van der Waals surface area (Å²) in [6.45, 7) is 4.17. The zero-order chi connectivity index (χ0) is 12.7. The molecule has 3 nitrogen and oxygen atoms in total. The molecule has 1 N–H and O–H groups in total. The second kappa shape index (κ2) is 7.03. The maximum atomic E-state index is 11.3. The number of hydrogen-bond acceptors (Lipinski definition) is 4. The molecule has 0 spiro atoms. The fourth-order valence-electron chi connectivity index (χ4n) is 1.33. The Kier molecular flexibility index (Phi) is 6.02. The zero-order valence-corrected chi connectivity index (χ0v) is 11.9. The molecule has 0 saturated carbocycles. The maximum absolute atomic E-state index is 11.3. The van der Waals surface area contributed by atoms with Gasteiger partial charge in [-0.3, -0.25) is 0 Å². The van der Waals surface area contributed by atoms with Crippen molar-refractivity contribution in [3.05, 3.63) is 24.3 Å². The first kappa shape index (κ1) is 14.5. The van der Waals surface area contributed by atoms with Crippen LogP contribution in [0.15, 0.2) is 34.1 Å². The van der Waals surface area contributed by atoms with Crippen molar-refractivity contribution in [3.63, 3.8) is 0 Å². The van der Waals surface area contributed by atoms with Crippen LogP contribution in [0.5, 0.6) is 0 Å². The van der Waals surface area contributed by atoms with E-state index in [0.717, 1.165) is 30.2 Å². The molecule has 0 amide bonds. The van der Waals surface area contributed by atoms with Gasteiger partial charge in [0.15, 0.2) is 9.84 Å². The second-order valence-corrected chi connectivity index (χ2v) is 7.03. The normalized spacial score (nSPS) is 11.6. The van der Waals surface area contributed by atoms with E-state index in [2.05, 4.69) is 12.2 Å². The van der Waals surface area contributed by atoms with Crippen LogP contribution in [0.25, 0.3) is 0 Å². The molecular weight excluding hydrogens is 254 g/mol. The van der Waals surface area contributed by atoms with E-state index in [-0.39, 0.29) is 0 Å². The highest BCUT2D eigenvalue weighted by atomic mass is 32.2. The van der Waals surface area contributed by atoms with Crippen LogP contribution in [0.4, 0.5) is 0 Å². The van der Waals surface area contributed by atoms with E-state index in [9.17, 15) is 8.42 Å². The molecule has 0 heterocycles. The summed E-state index contributed by atoms with van der Waals surface area (Å²) in [5.74, 6) is 0.998. The van der Waals surface area contributed by atoms with E-state index >= 15 is 0 Å². The zero-order valence-electron chi connectivity index (χ0n) is 10.3. The molecule has 1 rings (SSSR count). The predicted molar refractivity (Wildman–Crippen MR) is 73.4 cm³/mol. The monoisotopic (exact) mass is 273 g/mol. The van der Waals surface area contributed by atoms with Crippen LogP contribution in [0.2, 0.25) is 0 Å². The average molecular weight is 273 g/mol. The largest absolute Gasteiger partial charge is 0.316 e. The highest BCUT2D eigenvalue weighted by Crippen LogP contribution is 2.19. The van der Waals surface area contributed by atoms with Crippen molar-refractivity contribution in [3.8, 4) is 0 Å². The van der Waals surface area contributed by atoms with Gasteiger partial charge < -0.3 is 5.32 Å². The molecule has 0 saturated heterocycles. The van der Waals surface area contributed by atoms with Gasteiger partial charge in [-0.05, 0) is 37.2 Å². The number of rotatable bonds is 7. The van der Waals surface area contributed by atoms with Crippen molar-refractivity contribution >= 4 is 21.6 Å². The Morgan fingerprint density at radius 1 is 1.18 bits per heavy atom. The Labute approximate surface area is 108 Å². The third-order valence-electron chi connectivity index (χ3n) is 2.23. The maximum Gasteiger partial charge on any atom is 0.175 e. The molecule has 0 atom stereocenters.